The van der Waals surface area contributed by atoms with E-state index >= 15 is 0 Å². The molecule has 0 radical (unpaired) electrons. The summed E-state index contributed by atoms with van der Waals surface area (Å²) in [5, 5.41) is 8.73. The largest absolute Gasteiger partial charge is 0.354 e. The van der Waals surface area contributed by atoms with Gasteiger partial charge in [-0.05, 0) is 31.9 Å². The van der Waals surface area contributed by atoms with Gasteiger partial charge in [-0.3, -0.25) is 14.2 Å². The third-order valence-electron chi connectivity index (χ3n) is 5.84. The van der Waals surface area contributed by atoms with Gasteiger partial charge in [-0.15, -0.1) is 10.2 Å². The zero-order valence-electron chi connectivity index (χ0n) is 17.0. The number of nitrogens with zero attached hydrogens (tertiary/aromatic N) is 7. The number of carbonyl (C=O) groups excluding carboxylic acids is 2. The lowest BCUT2D eigenvalue weighted by molar-refractivity contribution is -0.141. The molecule has 29 heavy (non-hydrogen) atoms. The van der Waals surface area contributed by atoms with Crippen LogP contribution in [0.2, 0.25) is 0 Å². The summed E-state index contributed by atoms with van der Waals surface area (Å²) >= 11 is 0. The van der Waals surface area contributed by atoms with E-state index in [9.17, 15) is 9.59 Å². The van der Waals surface area contributed by atoms with Crippen LogP contribution in [0, 0.1) is 12.8 Å². The first-order valence-electron chi connectivity index (χ1n) is 10.2. The molecule has 2 aliphatic heterocycles. The SMILES string of the molecule is CC(=O)N1CCN(C(=O)C2CCCN(c3ccc(-n4ccnc4C)nn3)C2)CC1. The number of rotatable bonds is 3. The molecule has 1 atom stereocenters. The van der Waals surface area contributed by atoms with Crippen LogP contribution >= 0.6 is 0 Å². The average molecular weight is 397 g/mol. The molecule has 4 rings (SSSR count). The van der Waals surface area contributed by atoms with Gasteiger partial charge in [0.05, 0.1) is 5.92 Å². The van der Waals surface area contributed by atoms with E-state index in [0.717, 1.165) is 36.8 Å². The zero-order valence-corrected chi connectivity index (χ0v) is 17.0. The molecule has 2 aliphatic rings. The smallest absolute Gasteiger partial charge is 0.227 e. The second-order valence-corrected chi connectivity index (χ2v) is 7.71. The predicted octanol–water partition coefficient (Wildman–Crippen LogP) is 0.878. The molecule has 1 unspecified atom stereocenters. The number of imidazole rings is 1. The molecule has 0 aromatic carbocycles. The topological polar surface area (TPSA) is 87.5 Å². The lowest BCUT2D eigenvalue weighted by Crippen LogP contribution is -2.53. The maximum atomic E-state index is 13.0. The minimum absolute atomic E-state index is 0.0370. The molecule has 4 heterocycles. The Morgan fingerprint density at radius 1 is 1.00 bits per heavy atom. The second-order valence-electron chi connectivity index (χ2n) is 7.71. The van der Waals surface area contributed by atoms with Crippen molar-refractivity contribution in [1.29, 1.82) is 0 Å². The number of hydrogen-bond donors (Lipinski definition) is 0. The fourth-order valence-electron chi connectivity index (χ4n) is 4.12. The highest BCUT2D eigenvalue weighted by Gasteiger charge is 2.32. The number of piperazine rings is 1. The summed E-state index contributed by atoms with van der Waals surface area (Å²) in [5.74, 6) is 2.62. The monoisotopic (exact) mass is 397 g/mol. The molecule has 0 N–H and O–H groups in total. The van der Waals surface area contributed by atoms with Crippen molar-refractivity contribution in [1.82, 2.24) is 29.5 Å². The van der Waals surface area contributed by atoms with E-state index in [1.54, 1.807) is 18.0 Å². The van der Waals surface area contributed by atoms with Crippen LogP contribution in [-0.2, 0) is 9.59 Å². The van der Waals surface area contributed by atoms with Crippen LogP contribution in [0.15, 0.2) is 24.5 Å². The minimum atomic E-state index is -0.0370. The summed E-state index contributed by atoms with van der Waals surface area (Å²) in [7, 11) is 0. The van der Waals surface area contributed by atoms with Gasteiger partial charge in [0, 0.05) is 58.6 Å². The van der Waals surface area contributed by atoms with E-state index in [1.807, 2.05) is 34.7 Å². The number of carbonyl (C=O) groups is 2. The third kappa shape index (κ3) is 4.08. The number of hydrogen-bond acceptors (Lipinski definition) is 6. The Morgan fingerprint density at radius 3 is 2.31 bits per heavy atom. The highest BCUT2D eigenvalue weighted by molar-refractivity contribution is 5.80. The van der Waals surface area contributed by atoms with Crippen LogP contribution in [0.25, 0.3) is 5.82 Å². The van der Waals surface area contributed by atoms with E-state index in [4.69, 9.17) is 0 Å². The van der Waals surface area contributed by atoms with Crippen LogP contribution in [0.4, 0.5) is 5.82 Å². The Balaban J connectivity index is 1.39. The Morgan fingerprint density at radius 2 is 1.69 bits per heavy atom. The maximum Gasteiger partial charge on any atom is 0.227 e. The fourth-order valence-corrected chi connectivity index (χ4v) is 4.12. The van der Waals surface area contributed by atoms with E-state index < -0.39 is 0 Å². The minimum Gasteiger partial charge on any atom is -0.354 e. The van der Waals surface area contributed by atoms with Crippen molar-refractivity contribution in [3.8, 4) is 5.82 Å². The first kappa shape index (κ1) is 19.4. The first-order valence-corrected chi connectivity index (χ1v) is 10.2. The van der Waals surface area contributed by atoms with Gasteiger partial charge in [0.1, 0.15) is 5.82 Å². The van der Waals surface area contributed by atoms with Crippen molar-refractivity contribution in [3.05, 3.63) is 30.4 Å². The van der Waals surface area contributed by atoms with Gasteiger partial charge < -0.3 is 14.7 Å². The highest BCUT2D eigenvalue weighted by atomic mass is 16.2. The van der Waals surface area contributed by atoms with E-state index in [0.29, 0.717) is 32.7 Å². The molecule has 154 valence electrons. The van der Waals surface area contributed by atoms with Crippen molar-refractivity contribution in [3.63, 3.8) is 0 Å². The standard InChI is InChI=1S/C20H27N7O2/c1-15-21-7-9-27(15)19-6-5-18(22-23-19)26-8-3-4-17(14-26)20(29)25-12-10-24(11-13-25)16(2)28/h5-7,9,17H,3-4,8,10-14H2,1-2H3. The Labute approximate surface area is 170 Å². The first-order chi connectivity index (χ1) is 14.0. The molecule has 9 nitrogen and oxygen atoms in total. The van der Waals surface area contributed by atoms with E-state index in [1.165, 1.54) is 0 Å². The number of anilines is 1. The Hall–Kier alpha value is -2.97. The normalized spacial score (nSPS) is 20.1. The average Bonchev–Trinajstić information content (AvgIpc) is 3.19. The summed E-state index contributed by atoms with van der Waals surface area (Å²) in [6, 6.07) is 3.89. The Bertz CT molecular complexity index is 871. The highest BCUT2D eigenvalue weighted by Crippen LogP contribution is 2.24. The number of aromatic nitrogens is 4. The van der Waals surface area contributed by atoms with E-state index in [2.05, 4.69) is 20.1 Å². The molecule has 0 bridgehead atoms. The summed E-state index contributed by atoms with van der Waals surface area (Å²) in [6.45, 7) is 7.52. The molecule has 0 aliphatic carbocycles. The summed E-state index contributed by atoms with van der Waals surface area (Å²) in [5.41, 5.74) is 0. The molecule has 2 amide bonds. The molecule has 0 spiro atoms. The maximum absolute atomic E-state index is 13.0. The van der Waals surface area contributed by atoms with Gasteiger partial charge in [-0.2, -0.15) is 0 Å². The van der Waals surface area contributed by atoms with Crippen molar-refractivity contribution in [2.75, 3.05) is 44.2 Å². The van der Waals surface area contributed by atoms with Crippen LogP contribution in [-0.4, -0.2) is 80.6 Å². The summed E-state index contributed by atoms with van der Waals surface area (Å²) in [6.07, 6.45) is 5.44. The molecule has 2 aromatic rings. The molecule has 9 heteroatoms. The molecular formula is C20H27N7O2. The summed E-state index contributed by atoms with van der Waals surface area (Å²) < 4.78 is 1.89. The van der Waals surface area contributed by atoms with Crippen LogP contribution in [0.3, 0.4) is 0 Å². The quantitative estimate of drug-likeness (QED) is 0.764. The zero-order chi connectivity index (χ0) is 20.4. The number of piperidine rings is 1. The fraction of sp³-hybridized carbons (Fsp3) is 0.550. The lowest BCUT2D eigenvalue weighted by atomic mass is 9.96. The number of aryl methyl sites for hydroxylation is 1. The van der Waals surface area contributed by atoms with Gasteiger partial charge in [0.15, 0.2) is 11.6 Å². The molecule has 2 saturated heterocycles. The third-order valence-corrected chi connectivity index (χ3v) is 5.84. The lowest BCUT2D eigenvalue weighted by Gasteiger charge is -2.39. The van der Waals surface area contributed by atoms with Gasteiger partial charge >= 0.3 is 0 Å². The predicted molar refractivity (Wildman–Crippen MR) is 108 cm³/mol. The Kier molecular flexibility index (Phi) is 5.46. The summed E-state index contributed by atoms with van der Waals surface area (Å²) in [4.78, 5) is 34.6. The van der Waals surface area contributed by atoms with E-state index in [-0.39, 0.29) is 17.7 Å². The van der Waals surface area contributed by atoms with Crippen molar-refractivity contribution in [2.24, 2.45) is 5.92 Å². The van der Waals surface area contributed by atoms with Crippen LogP contribution in [0.1, 0.15) is 25.6 Å². The van der Waals surface area contributed by atoms with Crippen molar-refractivity contribution >= 4 is 17.6 Å². The van der Waals surface area contributed by atoms with Gasteiger partial charge in [0.2, 0.25) is 11.8 Å². The van der Waals surface area contributed by atoms with Crippen molar-refractivity contribution < 1.29 is 9.59 Å². The van der Waals surface area contributed by atoms with Crippen LogP contribution < -0.4 is 4.90 Å². The van der Waals surface area contributed by atoms with Crippen LogP contribution in [0.5, 0.6) is 0 Å². The molecule has 2 fully saturated rings. The van der Waals surface area contributed by atoms with Gasteiger partial charge in [-0.1, -0.05) is 0 Å². The molecule has 2 aromatic heterocycles. The van der Waals surface area contributed by atoms with Crippen molar-refractivity contribution in [2.45, 2.75) is 26.7 Å². The van der Waals surface area contributed by atoms with Gasteiger partial charge in [0.25, 0.3) is 0 Å². The molecular weight excluding hydrogens is 370 g/mol. The second kappa shape index (κ2) is 8.18. The molecule has 0 saturated carbocycles. The van der Waals surface area contributed by atoms with Gasteiger partial charge in [-0.25, -0.2) is 4.98 Å². The number of amides is 2.